The van der Waals surface area contributed by atoms with E-state index in [1.54, 1.807) is 42.5 Å². The average molecular weight is 335 g/mol. The molecular formula is C16H12ClFN2OS. The second-order valence-electron chi connectivity index (χ2n) is 4.31. The SMILES string of the molecule is O=C(C=Cc1ccc(Cl)cc1)NC(=S)Nc1ccccc1F. The molecule has 0 atom stereocenters. The number of hydrogen-bond acceptors (Lipinski definition) is 2. The lowest BCUT2D eigenvalue weighted by Crippen LogP contribution is -2.33. The predicted molar refractivity (Wildman–Crippen MR) is 91.2 cm³/mol. The summed E-state index contributed by atoms with van der Waals surface area (Å²) in [5.74, 6) is -0.861. The molecule has 2 rings (SSSR count). The monoisotopic (exact) mass is 334 g/mol. The lowest BCUT2D eigenvalue weighted by molar-refractivity contribution is -0.115. The van der Waals surface area contributed by atoms with Crippen LogP contribution in [0.1, 0.15) is 5.56 Å². The molecule has 0 spiro atoms. The third kappa shape index (κ3) is 4.95. The number of carbonyl (C=O) groups excluding carboxylic acids is 1. The summed E-state index contributed by atoms with van der Waals surface area (Å²) < 4.78 is 13.4. The number of amides is 1. The maximum absolute atomic E-state index is 13.4. The molecule has 0 unspecified atom stereocenters. The summed E-state index contributed by atoms with van der Waals surface area (Å²) >= 11 is 10.7. The van der Waals surface area contributed by atoms with Gasteiger partial charge in [0.2, 0.25) is 5.91 Å². The zero-order valence-electron chi connectivity index (χ0n) is 11.3. The average Bonchev–Trinajstić information content (AvgIpc) is 2.49. The van der Waals surface area contributed by atoms with Crippen molar-refractivity contribution in [2.24, 2.45) is 0 Å². The number of halogens is 2. The molecule has 0 aromatic heterocycles. The molecule has 112 valence electrons. The minimum Gasteiger partial charge on any atom is -0.330 e. The van der Waals surface area contributed by atoms with Crippen molar-refractivity contribution in [1.29, 1.82) is 0 Å². The Morgan fingerprint density at radius 1 is 1.14 bits per heavy atom. The van der Waals surface area contributed by atoms with Crippen molar-refractivity contribution in [1.82, 2.24) is 5.32 Å². The second-order valence-corrected chi connectivity index (χ2v) is 5.15. The fraction of sp³-hybridized carbons (Fsp3) is 0. The van der Waals surface area contributed by atoms with Crippen LogP contribution in [0, 0.1) is 5.82 Å². The Labute approximate surface area is 137 Å². The summed E-state index contributed by atoms with van der Waals surface area (Å²) in [6, 6.07) is 13.1. The molecule has 2 aromatic carbocycles. The Balaban J connectivity index is 1.90. The molecule has 6 heteroatoms. The van der Waals surface area contributed by atoms with Crippen molar-refractivity contribution >= 4 is 46.6 Å². The summed E-state index contributed by atoms with van der Waals surface area (Å²) in [5, 5.41) is 5.71. The quantitative estimate of drug-likeness (QED) is 0.658. The van der Waals surface area contributed by atoms with E-state index in [9.17, 15) is 9.18 Å². The van der Waals surface area contributed by atoms with Gasteiger partial charge in [-0.05, 0) is 48.1 Å². The largest absolute Gasteiger partial charge is 0.330 e. The van der Waals surface area contributed by atoms with Gasteiger partial charge in [-0.15, -0.1) is 0 Å². The summed E-state index contributed by atoms with van der Waals surface area (Å²) in [4.78, 5) is 11.7. The fourth-order valence-electron chi connectivity index (χ4n) is 1.62. The molecule has 22 heavy (non-hydrogen) atoms. The van der Waals surface area contributed by atoms with Gasteiger partial charge < -0.3 is 5.32 Å². The van der Waals surface area contributed by atoms with E-state index >= 15 is 0 Å². The topological polar surface area (TPSA) is 41.1 Å². The Kier molecular flexibility index (Phi) is 5.63. The van der Waals surface area contributed by atoms with E-state index in [1.807, 2.05) is 0 Å². The van der Waals surface area contributed by atoms with Crippen LogP contribution < -0.4 is 10.6 Å². The third-order valence-electron chi connectivity index (χ3n) is 2.66. The van der Waals surface area contributed by atoms with Gasteiger partial charge in [0.1, 0.15) is 5.82 Å². The summed E-state index contributed by atoms with van der Waals surface area (Å²) in [6.07, 6.45) is 2.95. The number of rotatable bonds is 3. The molecule has 0 aliphatic carbocycles. The van der Waals surface area contributed by atoms with E-state index in [2.05, 4.69) is 10.6 Å². The van der Waals surface area contributed by atoms with Crippen molar-refractivity contribution in [3.05, 3.63) is 71.0 Å². The first-order chi connectivity index (χ1) is 10.5. The molecule has 0 saturated carbocycles. The summed E-state index contributed by atoms with van der Waals surface area (Å²) in [7, 11) is 0. The highest BCUT2D eigenvalue weighted by Gasteiger charge is 2.04. The third-order valence-corrected chi connectivity index (χ3v) is 3.11. The number of nitrogens with one attached hydrogen (secondary N) is 2. The van der Waals surface area contributed by atoms with Gasteiger partial charge in [0, 0.05) is 11.1 Å². The standard InChI is InChI=1S/C16H12ClFN2OS/c17-12-8-5-11(6-9-12)7-10-15(21)20-16(22)19-14-4-2-1-3-13(14)18/h1-10H,(H2,19,20,21,22). The number of thiocarbonyl (C=S) groups is 1. The smallest absolute Gasteiger partial charge is 0.250 e. The predicted octanol–water partition coefficient (Wildman–Crippen LogP) is 4.01. The number of hydrogen-bond donors (Lipinski definition) is 2. The van der Waals surface area contributed by atoms with E-state index < -0.39 is 11.7 Å². The molecule has 0 bridgehead atoms. The molecule has 0 fully saturated rings. The first-order valence-corrected chi connectivity index (χ1v) is 7.13. The minimum absolute atomic E-state index is 0.0239. The van der Waals surface area contributed by atoms with Crippen LogP contribution in [0.15, 0.2) is 54.6 Å². The first-order valence-electron chi connectivity index (χ1n) is 6.35. The van der Waals surface area contributed by atoms with Crippen molar-refractivity contribution in [3.63, 3.8) is 0 Å². The van der Waals surface area contributed by atoms with Gasteiger partial charge in [-0.1, -0.05) is 35.9 Å². The highest BCUT2D eigenvalue weighted by Crippen LogP contribution is 2.12. The van der Waals surface area contributed by atoms with Crippen LogP contribution in [-0.4, -0.2) is 11.0 Å². The van der Waals surface area contributed by atoms with E-state index in [0.29, 0.717) is 5.02 Å². The van der Waals surface area contributed by atoms with Gasteiger partial charge in [-0.25, -0.2) is 4.39 Å². The van der Waals surface area contributed by atoms with Crippen LogP contribution in [-0.2, 0) is 4.79 Å². The van der Waals surface area contributed by atoms with Gasteiger partial charge in [0.25, 0.3) is 0 Å². The molecule has 2 aromatic rings. The fourth-order valence-corrected chi connectivity index (χ4v) is 1.95. The van der Waals surface area contributed by atoms with Gasteiger partial charge in [-0.3, -0.25) is 10.1 Å². The number of benzene rings is 2. The van der Waals surface area contributed by atoms with Gasteiger partial charge >= 0.3 is 0 Å². The van der Waals surface area contributed by atoms with Gasteiger partial charge in [-0.2, -0.15) is 0 Å². The van der Waals surface area contributed by atoms with Crippen LogP contribution in [0.2, 0.25) is 5.02 Å². The lowest BCUT2D eigenvalue weighted by atomic mass is 10.2. The van der Waals surface area contributed by atoms with Crippen molar-refractivity contribution in [3.8, 4) is 0 Å². The highest BCUT2D eigenvalue weighted by molar-refractivity contribution is 7.80. The molecule has 0 aliphatic rings. The minimum atomic E-state index is -0.448. The van der Waals surface area contributed by atoms with Crippen LogP contribution >= 0.6 is 23.8 Å². The molecule has 0 heterocycles. The molecule has 0 saturated heterocycles. The summed E-state index contributed by atoms with van der Waals surface area (Å²) in [5.41, 5.74) is 1.03. The van der Waals surface area contributed by atoms with Crippen LogP contribution in [0.5, 0.6) is 0 Å². The van der Waals surface area contributed by atoms with Crippen molar-refractivity contribution in [2.75, 3.05) is 5.32 Å². The van der Waals surface area contributed by atoms with Crippen molar-refractivity contribution in [2.45, 2.75) is 0 Å². The van der Waals surface area contributed by atoms with Crippen molar-refractivity contribution < 1.29 is 9.18 Å². The zero-order chi connectivity index (χ0) is 15.9. The number of para-hydroxylation sites is 1. The van der Waals surface area contributed by atoms with Crippen LogP contribution in [0.3, 0.4) is 0 Å². The zero-order valence-corrected chi connectivity index (χ0v) is 12.9. The van der Waals surface area contributed by atoms with E-state index in [-0.39, 0.29) is 10.8 Å². The maximum Gasteiger partial charge on any atom is 0.250 e. The molecule has 0 aliphatic heterocycles. The Bertz CT molecular complexity index is 716. The molecular weight excluding hydrogens is 323 g/mol. The molecule has 3 nitrogen and oxygen atoms in total. The molecule has 0 radical (unpaired) electrons. The molecule has 1 amide bonds. The Morgan fingerprint density at radius 2 is 1.82 bits per heavy atom. The van der Waals surface area contributed by atoms with Gasteiger partial charge in [0.15, 0.2) is 5.11 Å². The van der Waals surface area contributed by atoms with Crippen LogP contribution in [0.4, 0.5) is 10.1 Å². The van der Waals surface area contributed by atoms with E-state index in [4.69, 9.17) is 23.8 Å². The molecule has 2 N–H and O–H groups in total. The maximum atomic E-state index is 13.4. The van der Waals surface area contributed by atoms with Crippen LogP contribution in [0.25, 0.3) is 6.08 Å². The van der Waals surface area contributed by atoms with Gasteiger partial charge in [0.05, 0.1) is 5.69 Å². The second kappa shape index (κ2) is 7.68. The van der Waals surface area contributed by atoms with E-state index in [1.165, 1.54) is 18.2 Å². The van der Waals surface area contributed by atoms with E-state index in [0.717, 1.165) is 5.56 Å². The number of carbonyl (C=O) groups is 1. The number of anilines is 1. The first kappa shape index (κ1) is 16.1. The highest BCUT2D eigenvalue weighted by atomic mass is 35.5. The lowest BCUT2D eigenvalue weighted by Gasteiger charge is -2.08. The summed E-state index contributed by atoms with van der Waals surface area (Å²) in [6.45, 7) is 0. The Hall–Kier alpha value is -2.24. The normalized spacial score (nSPS) is 10.5. The Morgan fingerprint density at radius 3 is 2.50 bits per heavy atom.